The molecule has 1 aliphatic rings. The number of ether oxygens (including phenoxy) is 7. The van der Waals surface area contributed by atoms with Crippen molar-refractivity contribution in [3.8, 4) is 0 Å². The fourth-order valence-electron chi connectivity index (χ4n) is 12.5. The molecule has 0 bridgehead atoms. The van der Waals surface area contributed by atoms with Crippen molar-refractivity contribution in [3.63, 3.8) is 0 Å². The van der Waals surface area contributed by atoms with Gasteiger partial charge in [0.2, 0.25) is 5.91 Å². The Labute approximate surface area is 541 Å². The van der Waals surface area contributed by atoms with E-state index in [2.05, 4.69) is 152 Å². The summed E-state index contributed by atoms with van der Waals surface area (Å²) in [6, 6.07) is 72.2. The molecule has 1 amide bonds. The molecule has 0 saturated heterocycles. The first kappa shape index (κ1) is 69.6. The molecule has 7 aromatic rings. The highest BCUT2D eigenvalue weighted by Gasteiger charge is 2.49. The third-order valence-electron chi connectivity index (χ3n) is 17.6. The first-order chi connectivity index (χ1) is 44.6. The monoisotopic (exact) mass is 1220 g/mol. The zero-order valence-corrected chi connectivity index (χ0v) is 54.1. The van der Waals surface area contributed by atoms with Crippen LogP contribution in [0.3, 0.4) is 0 Å². The average Bonchev–Trinajstić information content (AvgIpc) is 1.27. The SMILES string of the molecule is CCCCCCCCCCCCCC[C@@H](OCc1ccccc1)[C@@H](OCc1ccccc1)[C@H](CO[C@H]1C[C@H](COCc2ccccc2)[C@H](OCc2ccccc2)[C@H](OCc2ccccc2)[C@H]1OCc1ccccc1)NC(=O)CCCCCCCc1ccccc1. The van der Waals surface area contributed by atoms with Gasteiger partial charge in [-0.1, -0.05) is 316 Å². The molecule has 8 atom stereocenters. The highest BCUT2D eigenvalue weighted by atomic mass is 16.6. The second kappa shape index (κ2) is 42.7. The Morgan fingerprint density at radius 3 is 1.28 bits per heavy atom. The van der Waals surface area contributed by atoms with Gasteiger partial charge in [-0.05, 0) is 71.0 Å². The Bertz CT molecular complexity index is 2870. The quantitative estimate of drug-likeness (QED) is 0.0377. The summed E-state index contributed by atoms with van der Waals surface area (Å²) < 4.78 is 50.3. The smallest absolute Gasteiger partial charge is 0.220 e. The van der Waals surface area contributed by atoms with E-state index in [0.29, 0.717) is 59.1 Å². The van der Waals surface area contributed by atoms with Crippen molar-refractivity contribution in [2.75, 3.05) is 13.2 Å². The molecule has 1 N–H and O–H groups in total. The van der Waals surface area contributed by atoms with E-state index in [1.807, 2.05) is 72.8 Å². The molecule has 1 saturated carbocycles. The molecule has 1 aliphatic carbocycles. The van der Waals surface area contributed by atoms with Gasteiger partial charge >= 0.3 is 0 Å². The van der Waals surface area contributed by atoms with E-state index in [1.165, 1.54) is 69.8 Å². The molecule has 1 fully saturated rings. The molecule has 8 rings (SSSR count). The minimum atomic E-state index is -0.594. The predicted octanol–water partition coefficient (Wildman–Crippen LogP) is 18.7. The summed E-state index contributed by atoms with van der Waals surface area (Å²) in [5.41, 5.74) is 7.77. The van der Waals surface area contributed by atoms with Crippen molar-refractivity contribution in [2.24, 2.45) is 5.92 Å². The van der Waals surface area contributed by atoms with Gasteiger partial charge in [0.05, 0.1) is 77.2 Å². The number of amides is 1. The maximum absolute atomic E-state index is 14.8. The van der Waals surface area contributed by atoms with E-state index in [-0.39, 0.29) is 24.5 Å². The Morgan fingerprint density at radius 1 is 0.400 bits per heavy atom. The van der Waals surface area contributed by atoms with Gasteiger partial charge in [0, 0.05) is 12.3 Å². The summed E-state index contributed by atoms with van der Waals surface area (Å²) in [6.45, 7) is 5.08. The zero-order valence-electron chi connectivity index (χ0n) is 54.1. The van der Waals surface area contributed by atoms with Gasteiger partial charge in [0.25, 0.3) is 0 Å². The van der Waals surface area contributed by atoms with Crippen LogP contribution >= 0.6 is 0 Å². The number of hydrogen-bond donors (Lipinski definition) is 1. The summed E-state index contributed by atoms with van der Waals surface area (Å²) in [5.74, 6) is -0.182. The third-order valence-corrected chi connectivity index (χ3v) is 17.6. The molecule has 90 heavy (non-hydrogen) atoms. The Morgan fingerprint density at radius 2 is 0.789 bits per heavy atom. The van der Waals surface area contributed by atoms with Crippen molar-refractivity contribution in [1.82, 2.24) is 5.32 Å². The molecule has 482 valence electrons. The lowest BCUT2D eigenvalue weighted by Gasteiger charge is -2.46. The van der Waals surface area contributed by atoms with E-state index in [1.54, 1.807) is 0 Å². The number of nitrogens with one attached hydrogen (secondary N) is 1. The maximum atomic E-state index is 14.8. The first-order valence-electron chi connectivity index (χ1n) is 34.4. The topological polar surface area (TPSA) is 93.7 Å². The molecule has 0 radical (unpaired) electrons. The summed E-state index contributed by atoms with van der Waals surface area (Å²) in [6.07, 6.45) is 19.9. The predicted molar refractivity (Wildman–Crippen MR) is 365 cm³/mol. The third kappa shape index (κ3) is 26.5. The number of hydrogen-bond acceptors (Lipinski definition) is 8. The molecule has 9 nitrogen and oxygen atoms in total. The molecule has 0 aliphatic heterocycles. The van der Waals surface area contributed by atoms with Crippen molar-refractivity contribution in [1.29, 1.82) is 0 Å². The molecule has 0 spiro atoms. The Balaban J connectivity index is 1.10. The normalized spacial score (nSPS) is 17.6. The molecular formula is C81H105NO8. The molecular weight excluding hydrogens is 1110 g/mol. The fourth-order valence-corrected chi connectivity index (χ4v) is 12.5. The van der Waals surface area contributed by atoms with Crippen molar-refractivity contribution < 1.29 is 38.0 Å². The summed E-state index contributed by atoms with van der Waals surface area (Å²) >= 11 is 0. The molecule has 0 heterocycles. The lowest BCUT2D eigenvalue weighted by atomic mass is 9.80. The Hall–Kier alpha value is -6.27. The minimum absolute atomic E-state index is 0.0143. The van der Waals surface area contributed by atoms with Crippen molar-refractivity contribution >= 4 is 5.91 Å². The average molecular weight is 1220 g/mol. The van der Waals surface area contributed by atoms with E-state index in [9.17, 15) is 4.79 Å². The van der Waals surface area contributed by atoms with E-state index in [0.717, 1.165) is 91.2 Å². The zero-order chi connectivity index (χ0) is 62.1. The van der Waals surface area contributed by atoms with Crippen LogP contribution < -0.4 is 5.32 Å². The second-order valence-electron chi connectivity index (χ2n) is 24.9. The number of benzene rings is 7. The van der Waals surface area contributed by atoms with E-state index in [4.69, 9.17) is 33.2 Å². The highest BCUT2D eigenvalue weighted by Crippen LogP contribution is 2.37. The lowest BCUT2D eigenvalue weighted by Crippen LogP contribution is -2.59. The van der Waals surface area contributed by atoms with Crippen LogP contribution in [0.15, 0.2) is 212 Å². The molecule has 7 aromatic carbocycles. The number of rotatable bonds is 46. The number of carbonyl (C=O) groups is 1. The molecule has 9 heteroatoms. The van der Waals surface area contributed by atoms with Gasteiger partial charge in [-0.3, -0.25) is 4.79 Å². The van der Waals surface area contributed by atoms with Crippen molar-refractivity contribution in [2.45, 2.75) is 224 Å². The van der Waals surface area contributed by atoms with Crippen molar-refractivity contribution in [3.05, 3.63) is 251 Å². The Kier molecular flexibility index (Phi) is 33.0. The van der Waals surface area contributed by atoms with Crippen LogP contribution in [0.25, 0.3) is 0 Å². The van der Waals surface area contributed by atoms with Crippen LogP contribution in [0.4, 0.5) is 0 Å². The maximum Gasteiger partial charge on any atom is 0.220 e. The summed E-state index contributed by atoms with van der Waals surface area (Å²) in [7, 11) is 0. The lowest BCUT2D eigenvalue weighted by molar-refractivity contribution is -0.235. The fraction of sp³-hybridized carbons (Fsp3) is 0.469. The van der Waals surface area contributed by atoms with Crippen LogP contribution in [0.5, 0.6) is 0 Å². The first-order valence-corrected chi connectivity index (χ1v) is 34.4. The van der Waals surface area contributed by atoms with Crippen LogP contribution in [0.2, 0.25) is 0 Å². The van der Waals surface area contributed by atoms with Crippen LogP contribution in [0.1, 0.15) is 174 Å². The van der Waals surface area contributed by atoms with Gasteiger partial charge in [0.1, 0.15) is 18.3 Å². The van der Waals surface area contributed by atoms with Gasteiger partial charge in [-0.15, -0.1) is 0 Å². The largest absolute Gasteiger partial charge is 0.376 e. The minimum Gasteiger partial charge on any atom is -0.376 e. The van der Waals surface area contributed by atoms with Crippen LogP contribution in [0, 0.1) is 5.92 Å². The van der Waals surface area contributed by atoms with Gasteiger partial charge < -0.3 is 38.5 Å². The van der Waals surface area contributed by atoms with Gasteiger partial charge in [-0.25, -0.2) is 0 Å². The summed E-state index contributed by atoms with van der Waals surface area (Å²) in [5, 5.41) is 3.59. The number of unbranched alkanes of at least 4 members (excludes halogenated alkanes) is 15. The highest BCUT2D eigenvalue weighted by molar-refractivity contribution is 5.76. The number of aryl methyl sites for hydroxylation is 1. The van der Waals surface area contributed by atoms with Crippen LogP contribution in [-0.4, -0.2) is 61.8 Å². The molecule has 0 aromatic heterocycles. The molecule has 0 unspecified atom stereocenters. The second-order valence-corrected chi connectivity index (χ2v) is 24.9. The van der Waals surface area contributed by atoms with E-state index >= 15 is 0 Å². The number of carbonyl (C=O) groups excluding carboxylic acids is 1. The standard InChI is InChI=1S/C81H105NO8/c1-2-3-4-5-6-7-8-9-10-11-14-38-55-75(85-59-68-45-28-18-29-46-68)79(88-61-70-49-32-20-33-50-70)74(82-77(83)56-39-15-12-13-23-40-66-41-24-16-25-42-66)65-86-76-57-73(64-84-58-67-43-26-17-27-44-67)78(87-60-69-47-30-19-31-48-69)81(90-63-72-53-36-22-37-54-72)80(76)89-62-71-51-34-21-35-52-71/h16-22,24-37,41-54,73-76,78-81H,2-15,23,38-40,55-65H2,1H3,(H,82,83)/t73-,74+,75-,76+,78+,79+,80+,81+/m1/s1. The van der Waals surface area contributed by atoms with Gasteiger partial charge in [-0.2, -0.15) is 0 Å². The summed E-state index contributed by atoms with van der Waals surface area (Å²) in [4.78, 5) is 14.8. The van der Waals surface area contributed by atoms with E-state index < -0.39 is 36.6 Å². The van der Waals surface area contributed by atoms with Crippen LogP contribution in [-0.2, 0) is 84.0 Å². The van der Waals surface area contributed by atoms with Gasteiger partial charge in [0.15, 0.2) is 0 Å².